The average Bonchev–Trinajstić information content (AvgIpc) is 2.91. The number of aryl methyl sites for hydroxylation is 1. The summed E-state index contributed by atoms with van der Waals surface area (Å²) in [6, 6.07) is 16.0. The lowest BCUT2D eigenvalue weighted by Gasteiger charge is -2.26. The molecule has 2 aromatic carbocycles. The van der Waals surface area contributed by atoms with Crippen molar-refractivity contribution in [3.63, 3.8) is 0 Å². The summed E-state index contributed by atoms with van der Waals surface area (Å²) >= 11 is 1.67. The minimum absolute atomic E-state index is 0.0334. The maximum absolute atomic E-state index is 12.5. The Labute approximate surface area is 135 Å². The van der Waals surface area contributed by atoms with E-state index in [1.807, 2.05) is 41.3 Å². The highest BCUT2D eigenvalue weighted by Crippen LogP contribution is 2.43. The molecule has 1 aliphatic heterocycles. The Kier molecular flexibility index (Phi) is 4.39. The third kappa shape index (κ3) is 2.83. The van der Waals surface area contributed by atoms with Gasteiger partial charge in [0.05, 0.1) is 5.75 Å². The molecule has 2 aromatic rings. The Hall–Kier alpha value is -1.94. The van der Waals surface area contributed by atoms with Crippen LogP contribution in [0.2, 0.25) is 0 Å². The Balaban J connectivity index is 1.99. The van der Waals surface area contributed by atoms with Gasteiger partial charge in [0, 0.05) is 11.4 Å². The number of carbonyl (C=O) groups excluding carboxylic acids is 1. The van der Waals surface area contributed by atoms with Crippen LogP contribution in [0.25, 0.3) is 0 Å². The van der Waals surface area contributed by atoms with E-state index in [-0.39, 0.29) is 11.3 Å². The first kappa shape index (κ1) is 15.0. The van der Waals surface area contributed by atoms with Crippen LogP contribution in [0.5, 0.6) is 0 Å². The van der Waals surface area contributed by atoms with Crippen molar-refractivity contribution in [1.82, 2.24) is 0 Å². The van der Waals surface area contributed by atoms with Gasteiger partial charge in [-0.15, -0.1) is 11.8 Å². The first-order valence-electron chi connectivity index (χ1n) is 7.57. The van der Waals surface area contributed by atoms with Crippen LogP contribution in [0.15, 0.2) is 48.5 Å². The van der Waals surface area contributed by atoms with Gasteiger partial charge in [0.25, 0.3) is 0 Å². The van der Waals surface area contributed by atoms with Crippen molar-refractivity contribution in [2.75, 3.05) is 16.4 Å². The number of thioether (sulfide) groups is 1. The van der Waals surface area contributed by atoms with E-state index in [0.717, 1.165) is 29.8 Å². The standard InChI is InChI=1S/C18H20N2OS/c1-2-5-13-6-3-4-7-16(13)20-17(21)12-22-18(20)14-8-10-15(19)11-9-14/h3-4,6-11,18H,2,5,12,19H2,1H3/t18-/m0/s1. The first-order valence-corrected chi connectivity index (χ1v) is 8.62. The second-order valence-electron chi connectivity index (χ2n) is 5.47. The van der Waals surface area contributed by atoms with E-state index in [2.05, 4.69) is 19.1 Å². The van der Waals surface area contributed by atoms with E-state index in [1.165, 1.54) is 5.56 Å². The fourth-order valence-corrected chi connectivity index (χ4v) is 3.99. The van der Waals surface area contributed by atoms with Gasteiger partial charge in [-0.1, -0.05) is 43.7 Å². The van der Waals surface area contributed by atoms with Gasteiger partial charge in [-0.25, -0.2) is 0 Å². The molecule has 3 nitrogen and oxygen atoms in total. The summed E-state index contributed by atoms with van der Waals surface area (Å²) in [5, 5.41) is 0.0334. The zero-order chi connectivity index (χ0) is 15.5. The third-order valence-electron chi connectivity index (χ3n) is 3.86. The largest absolute Gasteiger partial charge is 0.399 e. The normalized spacial score (nSPS) is 18.0. The summed E-state index contributed by atoms with van der Waals surface area (Å²) in [5.74, 6) is 0.700. The molecule has 114 valence electrons. The zero-order valence-corrected chi connectivity index (χ0v) is 13.5. The van der Waals surface area contributed by atoms with E-state index in [0.29, 0.717) is 5.75 Å². The molecule has 1 saturated heterocycles. The van der Waals surface area contributed by atoms with Crippen LogP contribution in [0, 0.1) is 0 Å². The minimum atomic E-state index is 0.0334. The second kappa shape index (κ2) is 6.44. The highest BCUT2D eigenvalue weighted by atomic mass is 32.2. The lowest BCUT2D eigenvalue weighted by Crippen LogP contribution is -2.28. The van der Waals surface area contributed by atoms with Crippen LogP contribution in [0.4, 0.5) is 11.4 Å². The SMILES string of the molecule is CCCc1ccccc1N1C(=O)CS[C@H]1c1ccc(N)cc1. The number of amides is 1. The molecular formula is C18H20N2OS. The molecule has 0 saturated carbocycles. The summed E-state index contributed by atoms with van der Waals surface area (Å²) in [7, 11) is 0. The molecule has 1 fully saturated rings. The van der Waals surface area contributed by atoms with Gasteiger partial charge in [0.2, 0.25) is 5.91 Å². The summed E-state index contributed by atoms with van der Waals surface area (Å²) < 4.78 is 0. The molecular weight excluding hydrogens is 292 g/mol. The summed E-state index contributed by atoms with van der Waals surface area (Å²) in [6.07, 6.45) is 2.05. The molecule has 0 radical (unpaired) electrons. The molecule has 1 atom stereocenters. The van der Waals surface area contributed by atoms with E-state index in [1.54, 1.807) is 11.8 Å². The molecule has 1 heterocycles. The monoisotopic (exact) mass is 312 g/mol. The number of benzene rings is 2. The zero-order valence-electron chi connectivity index (χ0n) is 12.7. The van der Waals surface area contributed by atoms with Gasteiger partial charge < -0.3 is 5.73 Å². The predicted molar refractivity (Wildman–Crippen MR) is 94.0 cm³/mol. The fourth-order valence-electron chi connectivity index (χ4n) is 2.82. The second-order valence-corrected chi connectivity index (χ2v) is 6.54. The molecule has 1 aliphatic rings. The van der Waals surface area contributed by atoms with Gasteiger partial charge in [-0.2, -0.15) is 0 Å². The quantitative estimate of drug-likeness (QED) is 0.868. The number of nitrogens with two attached hydrogens (primary N) is 1. The van der Waals surface area contributed by atoms with Crippen molar-refractivity contribution in [2.45, 2.75) is 25.1 Å². The van der Waals surface area contributed by atoms with Gasteiger partial charge in [-0.3, -0.25) is 9.69 Å². The van der Waals surface area contributed by atoms with E-state index in [9.17, 15) is 4.79 Å². The van der Waals surface area contributed by atoms with Crippen molar-refractivity contribution >= 4 is 29.0 Å². The molecule has 0 aromatic heterocycles. The van der Waals surface area contributed by atoms with Crippen LogP contribution in [-0.4, -0.2) is 11.7 Å². The number of rotatable bonds is 4. The maximum Gasteiger partial charge on any atom is 0.238 e. The predicted octanol–water partition coefficient (Wildman–Crippen LogP) is 4.00. The Morgan fingerprint density at radius 1 is 1.18 bits per heavy atom. The van der Waals surface area contributed by atoms with E-state index >= 15 is 0 Å². The Bertz CT molecular complexity index is 669. The van der Waals surface area contributed by atoms with Crippen molar-refractivity contribution in [1.29, 1.82) is 0 Å². The molecule has 0 aliphatic carbocycles. The lowest BCUT2D eigenvalue weighted by atomic mass is 10.1. The number of para-hydroxylation sites is 1. The molecule has 0 unspecified atom stereocenters. The molecule has 4 heteroatoms. The number of nitrogen functional groups attached to an aromatic ring is 1. The molecule has 0 spiro atoms. The van der Waals surface area contributed by atoms with Crippen molar-refractivity contribution < 1.29 is 4.79 Å². The number of hydrogen-bond acceptors (Lipinski definition) is 3. The van der Waals surface area contributed by atoms with Crippen LogP contribution < -0.4 is 10.6 Å². The smallest absolute Gasteiger partial charge is 0.238 e. The molecule has 0 bridgehead atoms. The minimum Gasteiger partial charge on any atom is -0.399 e. The van der Waals surface area contributed by atoms with Crippen LogP contribution in [-0.2, 0) is 11.2 Å². The fraction of sp³-hybridized carbons (Fsp3) is 0.278. The summed E-state index contributed by atoms with van der Waals surface area (Å²) in [5.41, 5.74) is 9.92. The van der Waals surface area contributed by atoms with Gasteiger partial charge in [0.1, 0.15) is 5.37 Å². The molecule has 2 N–H and O–H groups in total. The highest BCUT2D eigenvalue weighted by molar-refractivity contribution is 8.00. The summed E-state index contributed by atoms with van der Waals surface area (Å²) in [4.78, 5) is 14.4. The Morgan fingerprint density at radius 3 is 2.64 bits per heavy atom. The van der Waals surface area contributed by atoms with Crippen LogP contribution in [0.3, 0.4) is 0 Å². The van der Waals surface area contributed by atoms with E-state index in [4.69, 9.17) is 5.73 Å². The molecule has 1 amide bonds. The van der Waals surface area contributed by atoms with Gasteiger partial charge in [-0.05, 0) is 35.7 Å². The van der Waals surface area contributed by atoms with Crippen molar-refractivity contribution in [2.24, 2.45) is 0 Å². The lowest BCUT2D eigenvalue weighted by molar-refractivity contribution is -0.115. The van der Waals surface area contributed by atoms with E-state index < -0.39 is 0 Å². The van der Waals surface area contributed by atoms with Gasteiger partial charge >= 0.3 is 0 Å². The van der Waals surface area contributed by atoms with Crippen molar-refractivity contribution in [3.05, 3.63) is 59.7 Å². The van der Waals surface area contributed by atoms with Crippen LogP contribution in [0.1, 0.15) is 29.8 Å². The first-order chi connectivity index (χ1) is 10.7. The van der Waals surface area contributed by atoms with Crippen LogP contribution >= 0.6 is 11.8 Å². The number of nitrogens with zero attached hydrogens (tertiary/aromatic N) is 1. The van der Waals surface area contributed by atoms with Gasteiger partial charge in [0.15, 0.2) is 0 Å². The maximum atomic E-state index is 12.5. The number of hydrogen-bond donors (Lipinski definition) is 1. The summed E-state index contributed by atoms with van der Waals surface area (Å²) in [6.45, 7) is 2.16. The number of anilines is 2. The average molecular weight is 312 g/mol. The molecule has 3 rings (SSSR count). The number of carbonyl (C=O) groups is 1. The topological polar surface area (TPSA) is 46.3 Å². The Morgan fingerprint density at radius 2 is 1.91 bits per heavy atom. The third-order valence-corrected chi connectivity index (χ3v) is 5.07. The molecule has 22 heavy (non-hydrogen) atoms. The van der Waals surface area contributed by atoms with Crippen molar-refractivity contribution in [3.8, 4) is 0 Å². The highest BCUT2D eigenvalue weighted by Gasteiger charge is 2.34.